The lowest BCUT2D eigenvalue weighted by Gasteiger charge is -2.06. The monoisotopic (exact) mass is 114 g/mol. The molecule has 1 aliphatic rings. The van der Waals surface area contributed by atoms with Crippen molar-refractivity contribution in [2.75, 3.05) is 7.05 Å². The van der Waals surface area contributed by atoms with Gasteiger partial charge in [-0.3, -0.25) is 0 Å². The summed E-state index contributed by atoms with van der Waals surface area (Å²) in [5.41, 5.74) is 0. The average molecular weight is 114 g/mol. The van der Waals surface area contributed by atoms with E-state index in [4.69, 9.17) is 0 Å². The van der Waals surface area contributed by atoms with E-state index in [0.717, 1.165) is 12.8 Å². The minimum absolute atomic E-state index is 0.264. The van der Waals surface area contributed by atoms with Crippen molar-refractivity contribution in [1.82, 2.24) is 4.90 Å². The SMILES string of the molecule is CN(C([O])=O)C1CC1. The fraction of sp³-hybridized carbons (Fsp3) is 0.800. The highest BCUT2D eigenvalue weighted by Gasteiger charge is 2.29. The van der Waals surface area contributed by atoms with Crippen molar-refractivity contribution in [2.24, 2.45) is 0 Å². The van der Waals surface area contributed by atoms with Crippen LogP contribution in [0.5, 0.6) is 0 Å². The Hall–Kier alpha value is -0.730. The molecule has 0 N–H and O–H groups in total. The Morgan fingerprint density at radius 1 is 1.62 bits per heavy atom. The van der Waals surface area contributed by atoms with E-state index in [1.807, 2.05) is 0 Å². The molecule has 0 bridgehead atoms. The lowest BCUT2D eigenvalue weighted by atomic mass is 10.6. The summed E-state index contributed by atoms with van der Waals surface area (Å²) in [6.07, 6.45) is 0.946. The number of carbonyl (C=O) groups is 1. The van der Waals surface area contributed by atoms with Crippen molar-refractivity contribution >= 4 is 6.09 Å². The Balaban J connectivity index is 2.32. The number of hydrogen-bond donors (Lipinski definition) is 0. The van der Waals surface area contributed by atoms with Gasteiger partial charge < -0.3 is 4.90 Å². The first-order chi connectivity index (χ1) is 3.72. The van der Waals surface area contributed by atoms with E-state index >= 15 is 0 Å². The maximum absolute atomic E-state index is 10.00. The van der Waals surface area contributed by atoms with E-state index in [9.17, 15) is 9.90 Å². The van der Waals surface area contributed by atoms with Gasteiger partial charge in [-0.05, 0) is 12.8 Å². The average Bonchev–Trinajstić information content (AvgIpc) is 2.43. The molecular formula is C5H8NO2. The lowest BCUT2D eigenvalue weighted by molar-refractivity contribution is 0.127. The molecule has 1 aliphatic carbocycles. The molecule has 0 aromatic carbocycles. The molecule has 8 heavy (non-hydrogen) atoms. The first-order valence-corrected chi connectivity index (χ1v) is 2.65. The third-order valence-corrected chi connectivity index (χ3v) is 1.38. The van der Waals surface area contributed by atoms with Crippen molar-refractivity contribution < 1.29 is 9.90 Å². The summed E-state index contributed by atoms with van der Waals surface area (Å²) in [6.45, 7) is 0. The molecule has 0 unspecified atom stereocenters. The Labute approximate surface area is 47.9 Å². The van der Waals surface area contributed by atoms with Crippen LogP contribution in [-0.2, 0) is 5.11 Å². The summed E-state index contributed by atoms with van der Waals surface area (Å²) in [5.74, 6) is 0. The summed E-state index contributed by atoms with van der Waals surface area (Å²) in [7, 11) is 1.55. The zero-order valence-corrected chi connectivity index (χ0v) is 4.76. The van der Waals surface area contributed by atoms with Crippen molar-refractivity contribution in [3.8, 4) is 0 Å². The van der Waals surface area contributed by atoms with Gasteiger partial charge in [0.25, 0.3) is 0 Å². The number of carbonyl (C=O) groups excluding carboxylic acids is 1. The highest BCUT2D eigenvalue weighted by atomic mass is 16.4. The standard InChI is InChI=1S/C5H8NO2/c1-6(5(7)8)4-2-3-4/h4H,2-3H2,1H3. The van der Waals surface area contributed by atoms with E-state index in [-0.39, 0.29) is 6.04 Å². The molecule has 0 atom stereocenters. The highest BCUT2D eigenvalue weighted by molar-refractivity contribution is 5.64. The summed E-state index contributed by atoms with van der Waals surface area (Å²) < 4.78 is 0. The van der Waals surface area contributed by atoms with Crippen LogP contribution < -0.4 is 0 Å². The Bertz CT molecular complexity index is 109. The normalized spacial score (nSPS) is 18.1. The maximum Gasteiger partial charge on any atom is 0.453 e. The van der Waals surface area contributed by atoms with Crippen LogP contribution in [0.3, 0.4) is 0 Å². The fourth-order valence-electron chi connectivity index (χ4n) is 0.611. The van der Waals surface area contributed by atoms with Gasteiger partial charge in [-0.2, -0.15) is 0 Å². The summed E-state index contributed by atoms with van der Waals surface area (Å²) in [4.78, 5) is 11.2. The maximum atomic E-state index is 10.00. The molecule has 0 aromatic heterocycles. The van der Waals surface area contributed by atoms with Crippen molar-refractivity contribution in [3.63, 3.8) is 0 Å². The molecule has 0 heterocycles. The van der Waals surface area contributed by atoms with Gasteiger partial charge >= 0.3 is 6.09 Å². The lowest BCUT2D eigenvalue weighted by Crippen LogP contribution is -2.25. The quantitative estimate of drug-likeness (QED) is 0.493. The summed E-state index contributed by atoms with van der Waals surface area (Å²) in [6, 6.07) is 0.264. The number of rotatable bonds is 1. The van der Waals surface area contributed by atoms with Gasteiger partial charge in [0, 0.05) is 13.1 Å². The van der Waals surface area contributed by atoms with Gasteiger partial charge in [-0.25, -0.2) is 9.90 Å². The van der Waals surface area contributed by atoms with Gasteiger partial charge in [0.1, 0.15) is 0 Å². The van der Waals surface area contributed by atoms with E-state index in [1.54, 1.807) is 7.05 Å². The molecular weight excluding hydrogens is 106 g/mol. The van der Waals surface area contributed by atoms with Gasteiger partial charge in [0.2, 0.25) is 0 Å². The first-order valence-electron chi connectivity index (χ1n) is 2.65. The van der Waals surface area contributed by atoms with Crippen molar-refractivity contribution in [1.29, 1.82) is 0 Å². The second-order valence-electron chi connectivity index (χ2n) is 2.11. The van der Waals surface area contributed by atoms with E-state index in [1.165, 1.54) is 4.90 Å². The third-order valence-electron chi connectivity index (χ3n) is 1.38. The molecule has 1 amide bonds. The number of amides is 1. The largest absolute Gasteiger partial charge is 0.453 e. The molecule has 0 aliphatic heterocycles. The summed E-state index contributed by atoms with van der Waals surface area (Å²) >= 11 is 0. The second-order valence-corrected chi connectivity index (χ2v) is 2.11. The van der Waals surface area contributed by atoms with Gasteiger partial charge in [0.05, 0.1) is 0 Å². The molecule has 1 radical (unpaired) electrons. The van der Waals surface area contributed by atoms with E-state index in [2.05, 4.69) is 0 Å². The Morgan fingerprint density at radius 3 is 2.25 bits per heavy atom. The minimum Gasteiger partial charge on any atom is -0.305 e. The van der Waals surface area contributed by atoms with E-state index < -0.39 is 6.09 Å². The van der Waals surface area contributed by atoms with E-state index in [0.29, 0.717) is 0 Å². The highest BCUT2D eigenvalue weighted by Crippen LogP contribution is 2.24. The van der Waals surface area contributed by atoms with Gasteiger partial charge in [-0.15, -0.1) is 0 Å². The van der Waals surface area contributed by atoms with Gasteiger partial charge in [-0.1, -0.05) is 0 Å². The molecule has 0 aromatic rings. The van der Waals surface area contributed by atoms with Crippen LogP contribution >= 0.6 is 0 Å². The van der Waals surface area contributed by atoms with Crippen LogP contribution in [0.4, 0.5) is 4.79 Å². The zero-order chi connectivity index (χ0) is 6.15. The number of hydrogen-bond acceptors (Lipinski definition) is 1. The van der Waals surface area contributed by atoms with Gasteiger partial charge in [0.15, 0.2) is 0 Å². The van der Waals surface area contributed by atoms with Crippen LogP contribution in [0.1, 0.15) is 12.8 Å². The molecule has 1 fully saturated rings. The van der Waals surface area contributed by atoms with Crippen LogP contribution in [-0.4, -0.2) is 24.1 Å². The smallest absolute Gasteiger partial charge is 0.305 e. The molecule has 45 valence electrons. The second kappa shape index (κ2) is 1.65. The Morgan fingerprint density at radius 2 is 2.12 bits per heavy atom. The molecule has 1 saturated carbocycles. The molecule has 0 spiro atoms. The predicted molar refractivity (Wildman–Crippen MR) is 26.9 cm³/mol. The molecule has 3 heteroatoms. The van der Waals surface area contributed by atoms with Crippen LogP contribution in [0.25, 0.3) is 0 Å². The van der Waals surface area contributed by atoms with Crippen LogP contribution in [0.15, 0.2) is 0 Å². The third kappa shape index (κ3) is 0.911. The number of nitrogens with zero attached hydrogens (tertiary/aromatic N) is 1. The molecule has 1 rings (SSSR count). The topological polar surface area (TPSA) is 40.2 Å². The van der Waals surface area contributed by atoms with Crippen molar-refractivity contribution in [2.45, 2.75) is 18.9 Å². The molecule has 3 nitrogen and oxygen atoms in total. The summed E-state index contributed by atoms with van der Waals surface area (Å²) in [5, 5.41) is 10.00. The first kappa shape index (κ1) is 5.41. The van der Waals surface area contributed by atoms with Crippen molar-refractivity contribution in [3.05, 3.63) is 0 Å². The zero-order valence-electron chi connectivity index (χ0n) is 4.76. The predicted octanol–water partition coefficient (Wildman–Crippen LogP) is 0.631. The van der Waals surface area contributed by atoms with Crippen LogP contribution in [0, 0.1) is 0 Å². The Kier molecular flexibility index (Phi) is 1.12. The molecule has 0 saturated heterocycles. The van der Waals surface area contributed by atoms with Crippen LogP contribution in [0.2, 0.25) is 0 Å². The fourth-order valence-corrected chi connectivity index (χ4v) is 0.611. The minimum atomic E-state index is -1.06.